The van der Waals surface area contributed by atoms with E-state index in [-0.39, 0.29) is 37.6 Å². The van der Waals surface area contributed by atoms with Crippen molar-refractivity contribution < 1.29 is 23.9 Å². The maximum absolute atomic E-state index is 12.6. The summed E-state index contributed by atoms with van der Waals surface area (Å²) in [7, 11) is 3.66. The Bertz CT molecular complexity index is 1420. The third-order valence-corrected chi connectivity index (χ3v) is 7.44. The maximum atomic E-state index is 12.6. The van der Waals surface area contributed by atoms with Gasteiger partial charge in [0.15, 0.2) is 0 Å². The van der Waals surface area contributed by atoms with E-state index in [0.717, 1.165) is 37.8 Å². The Labute approximate surface area is 265 Å². The van der Waals surface area contributed by atoms with Crippen LogP contribution in [0.1, 0.15) is 37.3 Å². The number of nitrogens with one attached hydrogen (secondary N) is 2. The second-order valence-electron chi connectivity index (χ2n) is 10.8. The van der Waals surface area contributed by atoms with Crippen LogP contribution in [0.25, 0.3) is 12.2 Å². The first kappa shape index (κ1) is 35.0. The quantitative estimate of drug-likeness (QED) is 0.324. The Kier molecular flexibility index (Phi) is 14.3. The van der Waals surface area contributed by atoms with Crippen LogP contribution < -0.4 is 21.1 Å². The number of piperazine rings is 1. The number of likely N-dealkylation sites (N-methyl/N-ethyl adjacent to an activating group) is 1. The average molecular weight is 619 g/mol. The van der Waals surface area contributed by atoms with Crippen molar-refractivity contribution in [1.29, 1.82) is 0 Å². The molecule has 0 saturated carbocycles. The Morgan fingerprint density at radius 1 is 1.04 bits per heavy atom. The molecular formula is C34H46N6O5. The first-order valence-electron chi connectivity index (χ1n) is 15.3. The number of nitrogens with zero attached hydrogens (tertiary/aromatic N) is 4. The van der Waals surface area contributed by atoms with Crippen LogP contribution >= 0.6 is 0 Å². The van der Waals surface area contributed by atoms with Crippen molar-refractivity contribution in [2.45, 2.75) is 45.4 Å². The van der Waals surface area contributed by atoms with Gasteiger partial charge >= 0.3 is 6.09 Å². The van der Waals surface area contributed by atoms with Gasteiger partial charge in [0.25, 0.3) is 0 Å². The van der Waals surface area contributed by atoms with E-state index in [9.17, 15) is 19.2 Å². The van der Waals surface area contributed by atoms with Crippen LogP contribution in [0.5, 0.6) is 0 Å². The standard InChI is InChI=1S/C19H22N4O3.C8H11N.C7H13NO2/c1-20-11-19(26)22-12-18(25)21(10-17(22)23(20)13-24)9-15-7-4-6-14-5-2-3-8-16(14)15;1-9-7-8-5-3-2-4-6-8;1-3-5-8-7(9)10-6-4-2/h4-8,13,17H,2-3,9-12H2,1H3;2-6,9H,7H2,1H3;4H,2-3,5-6H2,1H3,(H,8,9). The zero-order chi connectivity index (χ0) is 32.6. The molecule has 0 aromatic heterocycles. The molecular weight excluding hydrogens is 572 g/mol. The lowest BCUT2D eigenvalue weighted by molar-refractivity contribution is -0.189. The molecule has 4 amide bonds. The third-order valence-electron chi connectivity index (χ3n) is 7.44. The molecule has 2 N–H and O–H groups in total. The largest absolute Gasteiger partial charge is 0.445 e. The minimum atomic E-state index is -0.438. The van der Waals surface area contributed by atoms with Gasteiger partial charge in [-0.15, -0.1) is 0 Å². The number of hydrogen-bond acceptors (Lipinski definition) is 7. The summed E-state index contributed by atoms with van der Waals surface area (Å²) in [6.45, 7) is 8.22. The molecule has 2 heterocycles. The molecule has 242 valence electrons. The van der Waals surface area contributed by atoms with Gasteiger partial charge in [-0.25, -0.2) is 9.80 Å². The van der Waals surface area contributed by atoms with Crippen molar-refractivity contribution in [3.63, 3.8) is 0 Å². The van der Waals surface area contributed by atoms with Gasteiger partial charge in [-0.3, -0.25) is 19.4 Å². The summed E-state index contributed by atoms with van der Waals surface area (Å²) < 4.78 is 4.63. The fourth-order valence-corrected chi connectivity index (χ4v) is 5.21. The summed E-state index contributed by atoms with van der Waals surface area (Å²) >= 11 is 0. The summed E-state index contributed by atoms with van der Waals surface area (Å²) in [5.41, 5.74) is 2.44. The lowest BCUT2D eigenvalue weighted by Crippen LogP contribution is -2.70. The molecule has 3 aliphatic rings. The van der Waals surface area contributed by atoms with Crippen LogP contribution in [0, 0.1) is 0 Å². The highest BCUT2D eigenvalue weighted by molar-refractivity contribution is 5.88. The van der Waals surface area contributed by atoms with Gasteiger partial charge < -0.3 is 25.2 Å². The molecule has 1 atom stereocenters. The number of amides is 4. The number of benzene rings is 2. The second-order valence-corrected chi connectivity index (χ2v) is 10.8. The zero-order valence-corrected chi connectivity index (χ0v) is 26.6. The first-order chi connectivity index (χ1) is 21.8. The lowest BCUT2D eigenvalue weighted by Gasteiger charge is -2.50. The lowest BCUT2D eigenvalue weighted by atomic mass is 10.0. The number of hydrogen-bond donors (Lipinski definition) is 2. The molecule has 2 saturated heterocycles. The minimum absolute atomic E-state index is 0.0204. The summed E-state index contributed by atoms with van der Waals surface area (Å²) in [6.07, 6.45) is 8.86. The van der Waals surface area contributed by atoms with E-state index in [1.807, 2.05) is 44.3 Å². The molecule has 0 radical (unpaired) electrons. The summed E-state index contributed by atoms with van der Waals surface area (Å²) in [5.74, 6) is -0.203. The van der Waals surface area contributed by atoms with Gasteiger partial charge in [0.2, 0.25) is 18.2 Å². The number of rotatable bonds is 9. The third kappa shape index (κ3) is 10.3. The fourth-order valence-electron chi connectivity index (χ4n) is 5.21. The molecule has 5 rings (SSSR count). The van der Waals surface area contributed by atoms with E-state index in [4.69, 9.17) is 0 Å². The van der Waals surface area contributed by atoms with Crippen molar-refractivity contribution in [3.05, 3.63) is 82.8 Å². The van der Waals surface area contributed by atoms with E-state index in [2.05, 4.69) is 52.3 Å². The van der Waals surface area contributed by atoms with Crippen LogP contribution in [0.2, 0.25) is 0 Å². The summed E-state index contributed by atoms with van der Waals surface area (Å²) in [6, 6.07) is 16.5. The average Bonchev–Trinajstić information content (AvgIpc) is 3.05. The van der Waals surface area contributed by atoms with Gasteiger partial charge in [0.1, 0.15) is 19.3 Å². The highest BCUT2D eigenvalue weighted by atomic mass is 16.5. The SMILES string of the molecule is C=CCOC(=O)NCCC.CN1CC(=O)N2CC(=O)N(Cc3cccc4c3=CCCC=4)CC2N1C=O.CNCc1ccccc1. The van der Waals surface area contributed by atoms with E-state index >= 15 is 0 Å². The van der Waals surface area contributed by atoms with Crippen LogP contribution in [-0.4, -0.2) is 97.2 Å². The molecule has 1 unspecified atom stereocenters. The molecule has 0 spiro atoms. The molecule has 2 aliphatic heterocycles. The van der Waals surface area contributed by atoms with Gasteiger partial charge in [0, 0.05) is 26.7 Å². The molecule has 2 fully saturated rings. The van der Waals surface area contributed by atoms with Crippen molar-refractivity contribution in [2.24, 2.45) is 0 Å². The molecule has 0 bridgehead atoms. The van der Waals surface area contributed by atoms with Crippen molar-refractivity contribution in [1.82, 2.24) is 30.5 Å². The van der Waals surface area contributed by atoms with Crippen LogP contribution in [0.15, 0.2) is 61.2 Å². The van der Waals surface area contributed by atoms with E-state index in [0.29, 0.717) is 19.6 Å². The number of carbonyl (C=O) groups excluding carboxylic acids is 4. The van der Waals surface area contributed by atoms with Gasteiger partial charge in [-0.2, -0.15) is 0 Å². The number of ether oxygens (including phenoxy) is 1. The Morgan fingerprint density at radius 3 is 2.49 bits per heavy atom. The molecule has 11 nitrogen and oxygen atoms in total. The number of hydrazine groups is 1. The fraction of sp³-hybridized carbons (Fsp3) is 0.412. The minimum Gasteiger partial charge on any atom is -0.445 e. The molecule has 2 aromatic carbocycles. The zero-order valence-electron chi connectivity index (χ0n) is 26.6. The van der Waals surface area contributed by atoms with Crippen molar-refractivity contribution in [2.75, 3.05) is 46.9 Å². The number of fused-ring (bicyclic) bond motifs is 2. The van der Waals surface area contributed by atoms with Crippen LogP contribution in [-0.2, 0) is 32.2 Å². The number of carbonyl (C=O) groups is 4. The Balaban J connectivity index is 0.000000239. The van der Waals surface area contributed by atoms with Crippen molar-refractivity contribution in [3.8, 4) is 0 Å². The Morgan fingerprint density at radius 2 is 1.80 bits per heavy atom. The van der Waals surface area contributed by atoms with Gasteiger partial charge in [-0.1, -0.05) is 80.3 Å². The molecule has 2 aromatic rings. The molecule has 11 heteroatoms. The second kappa shape index (κ2) is 18.4. The molecule has 1 aliphatic carbocycles. The number of alkyl carbamates (subject to hydrolysis) is 1. The predicted octanol–water partition coefficient (Wildman–Crippen LogP) is 1.57. The maximum Gasteiger partial charge on any atom is 0.407 e. The van der Waals surface area contributed by atoms with E-state index < -0.39 is 6.17 Å². The summed E-state index contributed by atoms with van der Waals surface area (Å²) in [5, 5.41) is 11.2. The van der Waals surface area contributed by atoms with Gasteiger partial charge in [0.05, 0.1) is 13.1 Å². The van der Waals surface area contributed by atoms with E-state index in [1.54, 1.807) is 17.0 Å². The summed E-state index contributed by atoms with van der Waals surface area (Å²) in [4.78, 5) is 50.2. The van der Waals surface area contributed by atoms with Crippen molar-refractivity contribution >= 4 is 36.5 Å². The van der Waals surface area contributed by atoms with E-state index in [1.165, 1.54) is 32.0 Å². The van der Waals surface area contributed by atoms with Gasteiger partial charge in [-0.05, 0) is 47.9 Å². The van der Waals surface area contributed by atoms with Crippen LogP contribution in [0.4, 0.5) is 4.79 Å². The Hall–Kier alpha value is -4.48. The van der Waals surface area contributed by atoms with Crippen LogP contribution in [0.3, 0.4) is 0 Å². The predicted molar refractivity (Wildman–Crippen MR) is 174 cm³/mol. The topological polar surface area (TPSA) is 115 Å². The smallest absolute Gasteiger partial charge is 0.407 e. The highest BCUT2D eigenvalue weighted by Crippen LogP contribution is 2.21. The highest BCUT2D eigenvalue weighted by Gasteiger charge is 2.43. The monoisotopic (exact) mass is 618 g/mol. The normalized spacial score (nSPS) is 17.1. The molecule has 45 heavy (non-hydrogen) atoms. The first-order valence-corrected chi connectivity index (χ1v) is 15.3.